The summed E-state index contributed by atoms with van der Waals surface area (Å²) in [6.45, 7) is 0. The number of pyridine rings is 1. The second kappa shape index (κ2) is 3.73. The minimum Gasteiger partial charge on any atom is -0.367 e. The third-order valence-corrected chi connectivity index (χ3v) is 2.43. The van der Waals surface area contributed by atoms with Crippen molar-refractivity contribution in [1.29, 1.82) is 0 Å². The molecule has 2 rings (SSSR count). The molecule has 70 valence electrons. The van der Waals surface area contributed by atoms with Crippen LogP contribution in [0.2, 0.25) is 0 Å². The number of nitrogens with one attached hydrogen (secondary N) is 1. The average molecular weight is 180 g/mol. The van der Waals surface area contributed by atoms with Gasteiger partial charge in [-0.2, -0.15) is 0 Å². The van der Waals surface area contributed by atoms with Gasteiger partial charge in [-0.3, -0.25) is 0 Å². The number of aromatic nitrogens is 1. The van der Waals surface area contributed by atoms with Crippen LogP contribution >= 0.6 is 0 Å². The molecule has 13 heavy (non-hydrogen) atoms. The molecule has 0 radical (unpaired) electrons. The summed E-state index contributed by atoms with van der Waals surface area (Å²) >= 11 is 0. The van der Waals surface area contributed by atoms with E-state index in [0.717, 1.165) is 0 Å². The summed E-state index contributed by atoms with van der Waals surface area (Å²) in [6, 6.07) is 3.30. The van der Waals surface area contributed by atoms with Crippen molar-refractivity contribution in [2.24, 2.45) is 0 Å². The first-order valence-electron chi connectivity index (χ1n) is 4.73. The normalized spacial score (nSPS) is 17.6. The smallest absolute Gasteiger partial charge is 0.129 e. The quantitative estimate of drug-likeness (QED) is 0.756. The molecule has 2 nitrogen and oxygen atoms in total. The van der Waals surface area contributed by atoms with Crippen LogP contribution in [0.3, 0.4) is 0 Å². The zero-order chi connectivity index (χ0) is 9.10. The summed E-state index contributed by atoms with van der Waals surface area (Å²) in [7, 11) is 0. The Labute approximate surface area is 77.2 Å². The fraction of sp³-hybridized carbons (Fsp3) is 0.500. The highest BCUT2D eigenvalue weighted by molar-refractivity contribution is 5.35. The predicted octanol–water partition coefficient (Wildman–Crippen LogP) is 2.58. The fourth-order valence-electron chi connectivity index (χ4n) is 1.76. The van der Waals surface area contributed by atoms with E-state index in [1.54, 1.807) is 0 Å². The predicted molar refractivity (Wildman–Crippen MR) is 50.1 cm³/mol. The first-order chi connectivity index (χ1) is 6.34. The Balaban J connectivity index is 2.00. The standard InChI is InChI=1S/C10H13FN2/c11-8-5-6-12-10(7-8)13-9-3-1-2-4-9/h5-7,9H,1-4H2,(H,12,13). The van der Waals surface area contributed by atoms with Crippen LogP contribution in [-0.2, 0) is 0 Å². The van der Waals surface area contributed by atoms with E-state index in [2.05, 4.69) is 10.3 Å². The van der Waals surface area contributed by atoms with Crippen LogP contribution in [0.15, 0.2) is 18.3 Å². The van der Waals surface area contributed by atoms with E-state index < -0.39 is 0 Å². The summed E-state index contributed by atoms with van der Waals surface area (Å²) in [5, 5.41) is 3.23. The van der Waals surface area contributed by atoms with Crippen LogP contribution in [0.25, 0.3) is 0 Å². The molecule has 1 aromatic heterocycles. The van der Waals surface area contributed by atoms with Crippen molar-refractivity contribution in [3.8, 4) is 0 Å². The number of nitrogens with zero attached hydrogens (tertiary/aromatic N) is 1. The molecule has 1 N–H and O–H groups in total. The van der Waals surface area contributed by atoms with Crippen molar-refractivity contribution in [3.63, 3.8) is 0 Å². The number of anilines is 1. The summed E-state index contributed by atoms with van der Waals surface area (Å²) < 4.78 is 12.8. The first-order valence-corrected chi connectivity index (χ1v) is 4.73. The van der Waals surface area contributed by atoms with Crippen molar-refractivity contribution in [1.82, 2.24) is 4.98 Å². The lowest BCUT2D eigenvalue weighted by Gasteiger charge is -2.11. The Bertz CT molecular complexity index is 282. The van der Waals surface area contributed by atoms with Gasteiger partial charge < -0.3 is 5.32 Å². The van der Waals surface area contributed by atoms with Gasteiger partial charge in [-0.25, -0.2) is 9.37 Å². The maximum Gasteiger partial charge on any atom is 0.129 e. The van der Waals surface area contributed by atoms with Crippen LogP contribution in [-0.4, -0.2) is 11.0 Å². The van der Waals surface area contributed by atoms with Crippen LogP contribution < -0.4 is 5.32 Å². The largest absolute Gasteiger partial charge is 0.367 e. The molecule has 0 bridgehead atoms. The van der Waals surface area contributed by atoms with Crippen LogP contribution in [0, 0.1) is 5.82 Å². The van der Waals surface area contributed by atoms with Crippen molar-refractivity contribution < 1.29 is 4.39 Å². The Morgan fingerprint density at radius 1 is 1.38 bits per heavy atom. The summed E-state index contributed by atoms with van der Waals surface area (Å²) in [5.41, 5.74) is 0. The summed E-state index contributed by atoms with van der Waals surface area (Å²) in [6.07, 6.45) is 6.39. The molecule has 0 saturated heterocycles. The molecule has 0 aliphatic heterocycles. The lowest BCUT2D eigenvalue weighted by Crippen LogP contribution is -2.15. The first kappa shape index (κ1) is 8.48. The van der Waals surface area contributed by atoms with Crippen molar-refractivity contribution in [3.05, 3.63) is 24.1 Å². The lowest BCUT2D eigenvalue weighted by atomic mass is 10.2. The zero-order valence-corrected chi connectivity index (χ0v) is 7.46. The van der Waals surface area contributed by atoms with Crippen molar-refractivity contribution in [2.45, 2.75) is 31.7 Å². The van der Waals surface area contributed by atoms with Gasteiger partial charge in [0.1, 0.15) is 11.6 Å². The average Bonchev–Trinajstić information content (AvgIpc) is 2.57. The molecule has 1 fully saturated rings. The zero-order valence-electron chi connectivity index (χ0n) is 7.46. The minimum absolute atomic E-state index is 0.226. The molecular formula is C10H13FN2. The van der Waals surface area contributed by atoms with Gasteiger partial charge >= 0.3 is 0 Å². The minimum atomic E-state index is -0.226. The highest BCUT2D eigenvalue weighted by Crippen LogP contribution is 2.21. The summed E-state index contributed by atoms with van der Waals surface area (Å²) in [5.74, 6) is 0.433. The highest BCUT2D eigenvalue weighted by atomic mass is 19.1. The van der Waals surface area contributed by atoms with E-state index in [0.29, 0.717) is 11.9 Å². The molecule has 0 amide bonds. The van der Waals surface area contributed by atoms with Gasteiger partial charge in [0, 0.05) is 18.3 Å². The topological polar surface area (TPSA) is 24.9 Å². The Kier molecular flexibility index (Phi) is 2.43. The maximum atomic E-state index is 12.8. The third kappa shape index (κ3) is 2.17. The number of halogens is 1. The van der Waals surface area contributed by atoms with E-state index in [9.17, 15) is 4.39 Å². The van der Waals surface area contributed by atoms with Gasteiger partial charge in [0.15, 0.2) is 0 Å². The van der Waals surface area contributed by atoms with Gasteiger partial charge in [-0.1, -0.05) is 12.8 Å². The Morgan fingerprint density at radius 3 is 2.85 bits per heavy atom. The number of rotatable bonds is 2. The van der Waals surface area contributed by atoms with Crippen LogP contribution in [0.4, 0.5) is 10.2 Å². The number of hydrogen-bond acceptors (Lipinski definition) is 2. The molecule has 3 heteroatoms. The second-order valence-electron chi connectivity index (χ2n) is 3.49. The van der Waals surface area contributed by atoms with Crippen LogP contribution in [0.1, 0.15) is 25.7 Å². The van der Waals surface area contributed by atoms with E-state index in [-0.39, 0.29) is 5.82 Å². The lowest BCUT2D eigenvalue weighted by molar-refractivity contribution is 0.625. The molecule has 1 aliphatic rings. The monoisotopic (exact) mass is 180 g/mol. The highest BCUT2D eigenvalue weighted by Gasteiger charge is 2.14. The SMILES string of the molecule is Fc1ccnc(NC2CCCC2)c1. The molecule has 1 aliphatic carbocycles. The van der Waals surface area contributed by atoms with Gasteiger partial charge in [0.2, 0.25) is 0 Å². The van der Waals surface area contributed by atoms with Gasteiger partial charge in [-0.15, -0.1) is 0 Å². The maximum absolute atomic E-state index is 12.8. The summed E-state index contributed by atoms with van der Waals surface area (Å²) in [4.78, 5) is 4.05. The van der Waals surface area contributed by atoms with E-state index in [4.69, 9.17) is 0 Å². The van der Waals surface area contributed by atoms with E-state index in [1.165, 1.54) is 44.0 Å². The van der Waals surface area contributed by atoms with Gasteiger partial charge in [0.25, 0.3) is 0 Å². The molecule has 0 aromatic carbocycles. The molecule has 1 heterocycles. The van der Waals surface area contributed by atoms with Crippen LogP contribution in [0.5, 0.6) is 0 Å². The Hall–Kier alpha value is -1.12. The molecule has 1 aromatic rings. The van der Waals surface area contributed by atoms with E-state index >= 15 is 0 Å². The second-order valence-corrected chi connectivity index (χ2v) is 3.49. The molecule has 0 spiro atoms. The molecule has 1 saturated carbocycles. The van der Waals surface area contributed by atoms with Gasteiger partial charge in [-0.05, 0) is 18.9 Å². The number of hydrogen-bond donors (Lipinski definition) is 1. The van der Waals surface area contributed by atoms with E-state index in [1.807, 2.05) is 0 Å². The molecular weight excluding hydrogens is 167 g/mol. The van der Waals surface area contributed by atoms with Crippen molar-refractivity contribution >= 4 is 5.82 Å². The molecule has 0 atom stereocenters. The third-order valence-electron chi connectivity index (χ3n) is 2.43. The van der Waals surface area contributed by atoms with Gasteiger partial charge in [0.05, 0.1) is 0 Å². The fourth-order valence-corrected chi connectivity index (χ4v) is 1.76. The Morgan fingerprint density at radius 2 is 2.15 bits per heavy atom. The van der Waals surface area contributed by atoms with Crippen molar-refractivity contribution in [2.75, 3.05) is 5.32 Å². The molecule has 0 unspecified atom stereocenters.